The van der Waals surface area contributed by atoms with E-state index in [1.807, 2.05) is 49.1 Å². The minimum atomic E-state index is -0.00501. The maximum absolute atomic E-state index is 8.96. The summed E-state index contributed by atoms with van der Waals surface area (Å²) in [4.78, 5) is 8.68. The fraction of sp³-hybridized carbons (Fsp3) is 0.333. The summed E-state index contributed by atoms with van der Waals surface area (Å²) in [5.41, 5.74) is 2.26. The molecule has 1 N–H and O–H groups in total. The van der Waals surface area contributed by atoms with Gasteiger partial charge < -0.3 is 19.1 Å². The number of pyridine rings is 1. The molecule has 1 aromatic carbocycles. The predicted octanol–water partition coefficient (Wildman–Crippen LogP) is 2.75. The Bertz CT molecular complexity index is 866. The molecule has 1 aliphatic heterocycles. The Morgan fingerprint density at radius 2 is 2.04 bits per heavy atom. The molecule has 6 heteroatoms. The number of aliphatic hydroxyl groups excluding tert-OH is 1. The second kappa shape index (κ2) is 8.33. The molecule has 3 heterocycles. The molecule has 3 aromatic rings. The molecular weight excluding hydrogens is 342 g/mol. The van der Waals surface area contributed by atoms with Crippen molar-refractivity contribution in [1.29, 1.82) is 0 Å². The summed E-state index contributed by atoms with van der Waals surface area (Å²) in [6.07, 6.45) is 8.47. The van der Waals surface area contributed by atoms with Gasteiger partial charge in [0.1, 0.15) is 18.2 Å². The van der Waals surface area contributed by atoms with Gasteiger partial charge in [0.15, 0.2) is 0 Å². The van der Waals surface area contributed by atoms with Crippen LogP contribution in [0.3, 0.4) is 0 Å². The van der Waals surface area contributed by atoms with E-state index in [-0.39, 0.29) is 19.3 Å². The molecule has 6 nitrogen and oxygen atoms in total. The van der Waals surface area contributed by atoms with E-state index in [2.05, 4.69) is 26.7 Å². The highest BCUT2D eigenvalue weighted by atomic mass is 16.5. The minimum absolute atomic E-state index is 0.00501. The van der Waals surface area contributed by atoms with E-state index in [1.165, 1.54) is 5.56 Å². The van der Waals surface area contributed by atoms with E-state index in [9.17, 15) is 0 Å². The topological polar surface area (TPSA) is 69.4 Å². The van der Waals surface area contributed by atoms with Crippen LogP contribution in [-0.4, -0.2) is 46.1 Å². The van der Waals surface area contributed by atoms with Crippen molar-refractivity contribution in [2.75, 3.05) is 26.4 Å². The van der Waals surface area contributed by atoms with Gasteiger partial charge in [-0.05, 0) is 36.2 Å². The van der Waals surface area contributed by atoms with Gasteiger partial charge in [-0.25, -0.2) is 4.98 Å². The fourth-order valence-corrected chi connectivity index (χ4v) is 3.60. The maximum Gasteiger partial charge on any atom is 0.140 e. The lowest BCUT2D eigenvalue weighted by Gasteiger charge is -2.21. The molecule has 0 saturated carbocycles. The van der Waals surface area contributed by atoms with Gasteiger partial charge in [0.05, 0.1) is 25.9 Å². The molecule has 1 aliphatic rings. The zero-order chi connectivity index (χ0) is 18.5. The Morgan fingerprint density at radius 3 is 2.89 bits per heavy atom. The van der Waals surface area contributed by atoms with Crippen molar-refractivity contribution in [1.82, 2.24) is 14.5 Å². The first-order valence-corrected chi connectivity index (χ1v) is 9.18. The van der Waals surface area contributed by atoms with Crippen LogP contribution in [0.15, 0.2) is 61.2 Å². The molecule has 1 fully saturated rings. The standard InChI is InChI=1S/C21H23N3O3/c25-10-11-27-19-3-1-2-17(13-19)21-23-8-9-24(21)20-15-26-14-18(20)12-16-4-6-22-7-5-16/h1-9,13,18,20,25H,10-12,14-15H2/t18-,20-/m1/s1. The monoisotopic (exact) mass is 365 g/mol. The molecule has 0 radical (unpaired) electrons. The highest BCUT2D eigenvalue weighted by molar-refractivity contribution is 5.58. The molecule has 0 aliphatic carbocycles. The van der Waals surface area contributed by atoms with Crippen LogP contribution in [0, 0.1) is 5.92 Å². The number of rotatable bonds is 7. The Kier molecular flexibility index (Phi) is 5.46. The summed E-state index contributed by atoms with van der Waals surface area (Å²) in [7, 11) is 0. The molecule has 0 spiro atoms. The molecule has 140 valence electrons. The number of aromatic nitrogens is 3. The third-order valence-corrected chi connectivity index (χ3v) is 4.89. The minimum Gasteiger partial charge on any atom is -0.491 e. The smallest absolute Gasteiger partial charge is 0.140 e. The van der Waals surface area contributed by atoms with Gasteiger partial charge in [-0.1, -0.05) is 12.1 Å². The van der Waals surface area contributed by atoms with Crippen molar-refractivity contribution in [2.24, 2.45) is 5.92 Å². The number of imidazole rings is 1. The lowest BCUT2D eigenvalue weighted by Crippen LogP contribution is -2.20. The number of aliphatic hydroxyl groups is 1. The average Bonchev–Trinajstić information content (AvgIpc) is 3.36. The van der Waals surface area contributed by atoms with E-state index >= 15 is 0 Å². The van der Waals surface area contributed by atoms with Crippen molar-refractivity contribution in [2.45, 2.75) is 12.5 Å². The largest absolute Gasteiger partial charge is 0.491 e. The Morgan fingerprint density at radius 1 is 1.15 bits per heavy atom. The quantitative estimate of drug-likeness (QED) is 0.697. The Hall–Kier alpha value is -2.70. The normalized spacial score (nSPS) is 19.3. The Labute approximate surface area is 158 Å². The third-order valence-electron chi connectivity index (χ3n) is 4.89. The summed E-state index contributed by atoms with van der Waals surface area (Å²) in [5, 5.41) is 8.96. The van der Waals surface area contributed by atoms with Crippen LogP contribution in [0.5, 0.6) is 5.75 Å². The highest BCUT2D eigenvalue weighted by Gasteiger charge is 2.31. The summed E-state index contributed by atoms with van der Waals surface area (Å²) >= 11 is 0. The highest BCUT2D eigenvalue weighted by Crippen LogP contribution is 2.33. The zero-order valence-corrected chi connectivity index (χ0v) is 15.1. The molecule has 27 heavy (non-hydrogen) atoms. The molecule has 2 aromatic heterocycles. The van der Waals surface area contributed by atoms with Crippen LogP contribution in [0.2, 0.25) is 0 Å². The van der Waals surface area contributed by atoms with Gasteiger partial charge in [-0.2, -0.15) is 0 Å². The van der Waals surface area contributed by atoms with E-state index in [0.717, 1.165) is 30.2 Å². The molecule has 1 saturated heterocycles. The van der Waals surface area contributed by atoms with Crippen LogP contribution in [0.4, 0.5) is 0 Å². The number of hydrogen-bond acceptors (Lipinski definition) is 5. The molecule has 4 rings (SSSR count). The van der Waals surface area contributed by atoms with Gasteiger partial charge >= 0.3 is 0 Å². The summed E-state index contributed by atoms with van der Waals surface area (Å²) in [6, 6.07) is 12.2. The molecule has 2 atom stereocenters. The molecule has 0 amide bonds. The van der Waals surface area contributed by atoms with Crippen molar-refractivity contribution >= 4 is 0 Å². The van der Waals surface area contributed by atoms with E-state index in [1.54, 1.807) is 0 Å². The second-order valence-corrected chi connectivity index (χ2v) is 6.68. The molecule has 0 bridgehead atoms. The van der Waals surface area contributed by atoms with Crippen molar-refractivity contribution in [3.05, 3.63) is 66.7 Å². The van der Waals surface area contributed by atoms with Crippen LogP contribution in [-0.2, 0) is 11.2 Å². The lowest BCUT2D eigenvalue weighted by atomic mass is 9.95. The van der Waals surface area contributed by atoms with E-state index in [4.69, 9.17) is 14.6 Å². The van der Waals surface area contributed by atoms with Crippen LogP contribution in [0.25, 0.3) is 11.4 Å². The predicted molar refractivity (Wildman–Crippen MR) is 102 cm³/mol. The van der Waals surface area contributed by atoms with Gasteiger partial charge in [0, 0.05) is 36.3 Å². The lowest BCUT2D eigenvalue weighted by molar-refractivity contribution is 0.181. The zero-order valence-electron chi connectivity index (χ0n) is 15.1. The summed E-state index contributed by atoms with van der Waals surface area (Å²) in [5.74, 6) is 2.01. The van der Waals surface area contributed by atoms with Gasteiger partial charge in [0.2, 0.25) is 0 Å². The first-order chi connectivity index (χ1) is 13.3. The van der Waals surface area contributed by atoms with Crippen LogP contribution >= 0.6 is 0 Å². The van der Waals surface area contributed by atoms with Gasteiger partial charge in [0.25, 0.3) is 0 Å². The van der Waals surface area contributed by atoms with E-state index < -0.39 is 0 Å². The molecule has 0 unspecified atom stereocenters. The summed E-state index contributed by atoms with van der Waals surface area (Å²) < 4.78 is 13.6. The number of benzene rings is 1. The van der Waals surface area contributed by atoms with Gasteiger partial charge in [-0.3, -0.25) is 4.98 Å². The number of ether oxygens (including phenoxy) is 2. The first kappa shape index (κ1) is 17.7. The SMILES string of the molecule is OCCOc1cccc(-c2nccn2[C@@H]2COC[C@H]2Cc2ccncc2)c1. The maximum atomic E-state index is 8.96. The van der Waals surface area contributed by atoms with E-state index in [0.29, 0.717) is 12.5 Å². The Balaban J connectivity index is 1.58. The van der Waals surface area contributed by atoms with Crippen molar-refractivity contribution in [3.63, 3.8) is 0 Å². The first-order valence-electron chi connectivity index (χ1n) is 9.18. The van der Waals surface area contributed by atoms with Crippen LogP contribution < -0.4 is 4.74 Å². The fourth-order valence-electron chi connectivity index (χ4n) is 3.60. The van der Waals surface area contributed by atoms with Crippen molar-refractivity contribution in [3.8, 4) is 17.1 Å². The second-order valence-electron chi connectivity index (χ2n) is 6.68. The molecular formula is C21H23N3O3. The number of hydrogen-bond donors (Lipinski definition) is 1. The van der Waals surface area contributed by atoms with Crippen LogP contribution in [0.1, 0.15) is 11.6 Å². The third kappa shape index (κ3) is 4.02. The number of nitrogens with zero attached hydrogens (tertiary/aromatic N) is 3. The van der Waals surface area contributed by atoms with Gasteiger partial charge in [-0.15, -0.1) is 0 Å². The summed E-state index contributed by atoms with van der Waals surface area (Å²) in [6.45, 7) is 1.70. The van der Waals surface area contributed by atoms with Crippen molar-refractivity contribution < 1.29 is 14.6 Å². The average molecular weight is 365 g/mol.